The van der Waals surface area contributed by atoms with Gasteiger partial charge < -0.3 is 10.3 Å². The number of likely N-dealkylation sites (N-methyl/N-ethyl adjacent to an activating group) is 1. The van der Waals surface area contributed by atoms with Crippen LogP contribution in [0.2, 0.25) is 0 Å². The first kappa shape index (κ1) is 14.2. The number of nitro groups is 1. The first-order valence-corrected chi connectivity index (χ1v) is 6.22. The number of nitrogens with two attached hydrogens (primary N) is 1. The first-order chi connectivity index (χ1) is 9.52. The molecule has 8 heteroatoms. The second kappa shape index (κ2) is 5.85. The lowest BCUT2D eigenvalue weighted by Crippen LogP contribution is -2.48. The highest BCUT2D eigenvalue weighted by molar-refractivity contribution is 5.78. The molecule has 1 saturated heterocycles. The van der Waals surface area contributed by atoms with Crippen molar-refractivity contribution in [2.75, 3.05) is 32.1 Å². The van der Waals surface area contributed by atoms with Crippen LogP contribution in [0.5, 0.6) is 0 Å². The lowest BCUT2D eigenvalue weighted by Gasteiger charge is -2.32. The minimum Gasteiger partial charge on any atom is -0.343 e. The van der Waals surface area contributed by atoms with E-state index < -0.39 is 4.92 Å². The standard InChI is InChI=1S/C12H17N5O3/c1-15-5-6-16(8-11(15)18)7-9-3-2-4-10(17(19)20)12(9)14-13/h2-4,14H,5-8,13H2,1H3. The van der Waals surface area contributed by atoms with Crippen LogP contribution in [0.25, 0.3) is 0 Å². The highest BCUT2D eigenvalue weighted by Gasteiger charge is 2.23. The molecule has 1 heterocycles. The Morgan fingerprint density at radius 3 is 2.80 bits per heavy atom. The highest BCUT2D eigenvalue weighted by Crippen LogP contribution is 2.28. The number of nitrogens with one attached hydrogen (secondary N) is 1. The number of hydrazine groups is 1. The van der Waals surface area contributed by atoms with Crippen LogP contribution < -0.4 is 11.3 Å². The molecule has 0 aromatic heterocycles. The maximum absolute atomic E-state index is 11.7. The van der Waals surface area contributed by atoms with Gasteiger partial charge in [-0.15, -0.1) is 0 Å². The lowest BCUT2D eigenvalue weighted by molar-refractivity contribution is -0.384. The third-order valence-corrected chi connectivity index (χ3v) is 3.40. The van der Waals surface area contributed by atoms with Crippen LogP contribution in [0.4, 0.5) is 11.4 Å². The SMILES string of the molecule is CN1CCN(Cc2cccc([N+](=O)[O-])c2NN)CC1=O. The number of benzene rings is 1. The van der Waals surface area contributed by atoms with E-state index in [1.807, 2.05) is 4.90 Å². The summed E-state index contributed by atoms with van der Waals surface area (Å²) >= 11 is 0. The number of hydrogen-bond acceptors (Lipinski definition) is 6. The lowest BCUT2D eigenvalue weighted by atomic mass is 10.1. The Morgan fingerprint density at radius 2 is 2.20 bits per heavy atom. The molecule has 0 atom stereocenters. The number of nitrogen functional groups attached to an aromatic ring is 1. The van der Waals surface area contributed by atoms with E-state index >= 15 is 0 Å². The number of carbonyl (C=O) groups is 1. The Balaban J connectivity index is 2.19. The van der Waals surface area contributed by atoms with E-state index in [0.717, 1.165) is 6.54 Å². The quantitative estimate of drug-likeness (QED) is 0.462. The molecule has 0 radical (unpaired) electrons. The smallest absolute Gasteiger partial charge is 0.293 e. The molecule has 1 amide bonds. The molecule has 3 N–H and O–H groups in total. The Bertz CT molecular complexity index is 534. The van der Waals surface area contributed by atoms with E-state index in [0.29, 0.717) is 30.9 Å². The fourth-order valence-corrected chi connectivity index (χ4v) is 2.22. The van der Waals surface area contributed by atoms with Crippen LogP contribution in [0.1, 0.15) is 5.56 Å². The van der Waals surface area contributed by atoms with Crippen LogP contribution in [-0.4, -0.2) is 47.3 Å². The molecule has 0 bridgehead atoms. The summed E-state index contributed by atoms with van der Waals surface area (Å²) in [5, 5.41) is 11.0. The molecule has 20 heavy (non-hydrogen) atoms. The monoisotopic (exact) mass is 279 g/mol. The van der Waals surface area contributed by atoms with Crippen LogP contribution >= 0.6 is 0 Å². The van der Waals surface area contributed by atoms with Crippen LogP contribution in [0.15, 0.2) is 18.2 Å². The number of carbonyl (C=O) groups excluding carboxylic acids is 1. The van der Waals surface area contributed by atoms with Gasteiger partial charge in [-0.2, -0.15) is 0 Å². The molecule has 1 aliphatic rings. The van der Waals surface area contributed by atoms with E-state index in [4.69, 9.17) is 5.84 Å². The number of nitro benzene ring substituents is 1. The molecule has 1 aliphatic heterocycles. The predicted octanol–water partition coefficient (Wildman–Crippen LogP) is 0.154. The van der Waals surface area contributed by atoms with Gasteiger partial charge in [0.2, 0.25) is 5.91 Å². The van der Waals surface area contributed by atoms with E-state index in [2.05, 4.69) is 5.43 Å². The number of piperazine rings is 1. The minimum atomic E-state index is -0.478. The molecule has 8 nitrogen and oxygen atoms in total. The zero-order valence-electron chi connectivity index (χ0n) is 11.2. The third kappa shape index (κ3) is 2.86. The molecule has 0 spiro atoms. The minimum absolute atomic E-state index is 0.0453. The number of nitrogens with zero attached hydrogens (tertiary/aromatic N) is 3. The molecular formula is C12H17N5O3. The molecule has 1 aromatic rings. The largest absolute Gasteiger partial charge is 0.343 e. The van der Waals surface area contributed by atoms with Crippen molar-refractivity contribution < 1.29 is 9.72 Å². The molecule has 108 valence electrons. The number of para-hydroxylation sites is 1. The van der Waals surface area contributed by atoms with E-state index in [-0.39, 0.29) is 11.6 Å². The molecule has 2 rings (SSSR count). The maximum Gasteiger partial charge on any atom is 0.293 e. The molecule has 0 aliphatic carbocycles. The van der Waals surface area contributed by atoms with E-state index in [9.17, 15) is 14.9 Å². The van der Waals surface area contributed by atoms with E-state index in [1.165, 1.54) is 6.07 Å². The summed E-state index contributed by atoms with van der Waals surface area (Å²) in [5.41, 5.74) is 3.33. The van der Waals surface area contributed by atoms with Crippen molar-refractivity contribution in [3.05, 3.63) is 33.9 Å². The van der Waals surface area contributed by atoms with Gasteiger partial charge in [-0.25, -0.2) is 0 Å². The van der Waals surface area contributed by atoms with Crippen LogP contribution in [-0.2, 0) is 11.3 Å². The Hall–Kier alpha value is -2.19. The van der Waals surface area contributed by atoms with Gasteiger partial charge in [0.15, 0.2) is 0 Å². The van der Waals surface area contributed by atoms with Crippen molar-refractivity contribution in [3.8, 4) is 0 Å². The first-order valence-electron chi connectivity index (χ1n) is 6.22. The molecule has 1 aromatic carbocycles. The Labute approximate surface area is 116 Å². The van der Waals surface area contributed by atoms with Gasteiger partial charge in [-0.3, -0.25) is 25.7 Å². The van der Waals surface area contributed by atoms with Crippen molar-refractivity contribution in [1.29, 1.82) is 0 Å². The topological polar surface area (TPSA) is 105 Å². The van der Waals surface area contributed by atoms with Crippen LogP contribution in [0, 0.1) is 10.1 Å². The van der Waals surface area contributed by atoms with Gasteiger partial charge in [0.25, 0.3) is 5.69 Å². The summed E-state index contributed by atoms with van der Waals surface area (Å²) in [6.07, 6.45) is 0. The maximum atomic E-state index is 11.7. The van der Waals surface area contributed by atoms with Crippen molar-refractivity contribution in [2.45, 2.75) is 6.54 Å². The fourth-order valence-electron chi connectivity index (χ4n) is 2.22. The molecule has 1 fully saturated rings. The summed E-state index contributed by atoms with van der Waals surface area (Å²) in [6, 6.07) is 4.78. The Morgan fingerprint density at radius 1 is 1.45 bits per heavy atom. The van der Waals surface area contributed by atoms with Crippen molar-refractivity contribution in [3.63, 3.8) is 0 Å². The fraction of sp³-hybridized carbons (Fsp3) is 0.417. The Kier molecular flexibility index (Phi) is 4.16. The summed E-state index contributed by atoms with van der Waals surface area (Å²) in [4.78, 5) is 25.8. The zero-order valence-corrected chi connectivity index (χ0v) is 11.2. The van der Waals surface area contributed by atoms with Gasteiger partial charge in [0.05, 0.1) is 11.5 Å². The number of hydrogen-bond donors (Lipinski definition) is 2. The molecule has 0 unspecified atom stereocenters. The second-order valence-electron chi connectivity index (χ2n) is 4.74. The number of rotatable bonds is 4. The van der Waals surface area contributed by atoms with Gasteiger partial charge >= 0.3 is 0 Å². The second-order valence-corrected chi connectivity index (χ2v) is 4.74. The van der Waals surface area contributed by atoms with Crippen molar-refractivity contribution in [1.82, 2.24) is 9.80 Å². The summed E-state index contributed by atoms with van der Waals surface area (Å²) in [5.74, 6) is 5.44. The van der Waals surface area contributed by atoms with Crippen LogP contribution in [0.3, 0.4) is 0 Å². The summed E-state index contributed by atoms with van der Waals surface area (Å²) in [6.45, 7) is 2.14. The predicted molar refractivity (Wildman–Crippen MR) is 73.8 cm³/mol. The van der Waals surface area contributed by atoms with Gasteiger partial charge in [0, 0.05) is 32.7 Å². The summed E-state index contributed by atoms with van der Waals surface area (Å²) in [7, 11) is 1.76. The van der Waals surface area contributed by atoms with Gasteiger partial charge in [-0.1, -0.05) is 12.1 Å². The molecule has 0 saturated carbocycles. The van der Waals surface area contributed by atoms with Crippen molar-refractivity contribution >= 4 is 17.3 Å². The highest BCUT2D eigenvalue weighted by atomic mass is 16.6. The number of amides is 1. The average Bonchev–Trinajstić information content (AvgIpc) is 2.42. The molecular weight excluding hydrogens is 262 g/mol. The van der Waals surface area contributed by atoms with Crippen molar-refractivity contribution in [2.24, 2.45) is 5.84 Å². The van der Waals surface area contributed by atoms with Gasteiger partial charge in [0.1, 0.15) is 5.69 Å². The summed E-state index contributed by atoms with van der Waals surface area (Å²) < 4.78 is 0. The van der Waals surface area contributed by atoms with Gasteiger partial charge in [-0.05, 0) is 5.56 Å². The zero-order chi connectivity index (χ0) is 14.7. The van der Waals surface area contributed by atoms with E-state index in [1.54, 1.807) is 24.1 Å². The number of anilines is 1. The normalized spacial score (nSPS) is 16.3. The average molecular weight is 279 g/mol. The third-order valence-electron chi connectivity index (χ3n) is 3.40.